The standard InChI is InChI=1S/C16H21N3O2S/c1-10-11(2)18-15-8-12(4-5-14(15)17-10)16(21)19-13(9-20)6-7-22-3/h4-5,8,13,20H,6-7,9H2,1-3H3,(H,19,21)/t13-/m0/s1. The number of amides is 1. The number of aliphatic hydroxyl groups excluding tert-OH is 1. The van der Waals surface area contributed by atoms with E-state index in [1.807, 2.05) is 20.1 Å². The molecule has 0 aliphatic heterocycles. The molecular weight excluding hydrogens is 298 g/mol. The lowest BCUT2D eigenvalue weighted by Gasteiger charge is -2.15. The van der Waals surface area contributed by atoms with Gasteiger partial charge < -0.3 is 10.4 Å². The fraction of sp³-hybridized carbons (Fsp3) is 0.438. The van der Waals surface area contributed by atoms with Gasteiger partial charge in [0.15, 0.2) is 0 Å². The molecule has 0 bridgehead atoms. The van der Waals surface area contributed by atoms with Gasteiger partial charge in [-0.1, -0.05) is 0 Å². The van der Waals surface area contributed by atoms with E-state index in [2.05, 4.69) is 15.3 Å². The number of carbonyl (C=O) groups excluding carboxylic acids is 1. The van der Waals surface area contributed by atoms with Crippen LogP contribution in [0, 0.1) is 13.8 Å². The number of aromatic nitrogens is 2. The second-order valence-corrected chi connectivity index (χ2v) is 6.22. The van der Waals surface area contributed by atoms with Crippen LogP contribution in [-0.4, -0.2) is 45.6 Å². The first kappa shape index (κ1) is 16.7. The minimum absolute atomic E-state index is 0.0575. The number of hydrogen-bond donors (Lipinski definition) is 2. The molecule has 0 unspecified atom stereocenters. The Morgan fingerprint density at radius 2 is 1.95 bits per heavy atom. The van der Waals surface area contributed by atoms with Gasteiger partial charge in [-0.3, -0.25) is 4.79 Å². The quantitative estimate of drug-likeness (QED) is 0.853. The summed E-state index contributed by atoms with van der Waals surface area (Å²) < 4.78 is 0. The van der Waals surface area contributed by atoms with Crippen LogP contribution in [-0.2, 0) is 0 Å². The van der Waals surface area contributed by atoms with Gasteiger partial charge in [-0.2, -0.15) is 11.8 Å². The molecule has 1 atom stereocenters. The van der Waals surface area contributed by atoms with E-state index in [0.717, 1.165) is 29.1 Å². The lowest BCUT2D eigenvalue weighted by Crippen LogP contribution is -2.37. The van der Waals surface area contributed by atoms with Crippen molar-refractivity contribution < 1.29 is 9.90 Å². The van der Waals surface area contributed by atoms with Crippen LogP contribution in [0.3, 0.4) is 0 Å². The molecule has 22 heavy (non-hydrogen) atoms. The summed E-state index contributed by atoms with van der Waals surface area (Å²) >= 11 is 1.69. The van der Waals surface area contributed by atoms with Crippen LogP contribution in [0.2, 0.25) is 0 Å². The van der Waals surface area contributed by atoms with Gasteiger partial charge >= 0.3 is 0 Å². The topological polar surface area (TPSA) is 75.1 Å². The molecule has 1 amide bonds. The van der Waals surface area contributed by atoms with E-state index in [1.54, 1.807) is 30.0 Å². The number of aryl methyl sites for hydroxylation is 2. The highest BCUT2D eigenvalue weighted by atomic mass is 32.2. The average molecular weight is 319 g/mol. The van der Waals surface area contributed by atoms with E-state index in [-0.39, 0.29) is 18.6 Å². The zero-order valence-corrected chi connectivity index (χ0v) is 13.9. The van der Waals surface area contributed by atoms with Crippen LogP contribution >= 0.6 is 11.8 Å². The maximum Gasteiger partial charge on any atom is 0.251 e. The van der Waals surface area contributed by atoms with E-state index < -0.39 is 0 Å². The van der Waals surface area contributed by atoms with Gasteiger partial charge in [0.25, 0.3) is 5.91 Å². The van der Waals surface area contributed by atoms with E-state index >= 15 is 0 Å². The largest absolute Gasteiger partial charge is 0.394 e. The van der Waals surface area contributed by atoms with Crippen molar-refractivity contribution in [3.63, 3.8) is 0 Å². The zero-order chi connectivity index (χ0) is 16.1. The molecule has 0 saturated carbocycles. The van der Waals surface area contributed by atoms with Gasteiger partial charge in [0.05, 0.1) is 35.1 Å². The van der Waals surface area contributed by atoms with E-state index in [9.17, 15) is 9.90 Å². The highest BCUT2D eigenvalue weighted by molar-refractivity contribution is 7.98. The van der Waals surface area contributed by atoms with Crippen molar-refractivity contribution in [3.8, 4) is 0 Å². The maximum absolute atomic E-state index is 12.3. The Labute approximate surface area is 134 Å². The summed E-state index contributed by atoms with van der Waals surface area (Å²) in [6, 6.07) is 5.07. The maximum atomic E-state index is 12.3. The van der Waals surface area contributed by atoms with Crippen LogP contribution in [0.5, 0.6) is 0 Å². The third-order valence-electron chi connectivity index (χ3n) is 3.56. The van der Waals surface area contributed by atoms with Crippen molar-refractivity contribution in [3.05, 3.63) is 35.2 Å². The Hall–Kier alpha value is -1.66. The molecule has 2 N–H and O–H groups in total. The van der Waals surface area contributed by atoms with Gasteiger partial charge in [0.2, 0.25) is 0 Å². The van der Waals surface area contributed by atoms with Crippen molar-refractivity contribution in [2.45, 2.75) is 26.3 Å². The molecule has 118 valence electrons. The van der Waals surface area contributed by atoms with Gasteiger partial charge in [-0.25, -0.2) is 9.97 Å². The number of nitrogens with one attached hydrogen (secondary N) is 1. The van der Waals surface area contributed by atoms with Crippen molar-refractivity contribution in [2.75, 3.05) is 18.6 Å². The fourth-order valence-electron chi connectivity index (χ4n) is 2.11. The molecule has 0 radical (unpaired) electrons. The molecular formula is C16H21N3O2S. The first-order valence-electron chi connectivity index (χ1n) is 7.20. The lowest BCUT2D eigenvalue weighted by atomic mass is 10.1. The van der Waals surface area contributed by atoms with Gasteiger partial charge in [0.1, 0.15) is 0 Å². The average Bonchev–Trinajstić information content (AvgIpc) is 2.51. The molecule has 0 aliphatic carbocycles. The number of rotatable bonds is 6. The Morgan fingerprint density at radius 1 is 1.27 bits per heavy atom. The van der Waals surface area contributed by atoms with Crippen molar-refractivity contribution in [1.29, 1.82) is 0 Å². The van der Waals surface area contributed by atoms with Crippen LogP contribution in [0.15, 0.2) is 18.2 Å². The van der Waals surface area contributed by atoms with E-state index in [0.29, 0.717) is 11.1 Å². The summed E-state index contributed by atoms with van der Waals surface area (Å²) in [7, 11) is 0. The van der Waals surface area contributed by atoms with E-state index in [1.165, 1.54) is 0 Å². The predicted molar refractivity (Wildman–Crippen MR) is 90.4 cm³/mol. The lowest BCUT2D eigenvalue weighted by molar-refractivity contribution is 0.0915. The fourth-order valence-corrected chi connectivity index (χ4v) is 2.63. The molecule has 6 heteroatoms. The van der Waals surface area contributed by atoms with E-state index in [4.69, 9.17) is 0 Å². The molecule has 0 saturated heterocycles. The minimum atomic E-state index is -0.221. The summed E-state index contributed by atoms with van der Waals surface area (Å²) in [4.78, 5) is 21.2. The third kappa shape index (κ3) is 3.96. The number of benzene rings is 1. The third-order valence-corrected chi connectivity index (χ3v) is 4.21. The Morgan fingerprint density at radius 3 is 2.59 bits per heavy atom. The number of thioether (sulfide) groups is 1. The second kappa shape index (κ2) is 7.56. The molecule has 2 rings (SSSR count). The van der Waals surface area contributed by atoms with Crippen molar-refractivity contribution in [1.82, 2.24) is 15.3 Å². The normalized spacial score (nSPS) is 12.4. The summed E-state index contributed by atoms with van der Waals surface area (Å²) in [5, 5.41) is 12.2. The van der Waals surface area contributed by atoms with Crippen molar-refractivity contribution in [2.24, 2.45) is 0 Å². The number of nitrogens with zero attached hydrogens (tertiary/aromatic N) is 2. The first-order valence-corrected chi connectivity index (χ1v) is 8.60. The zero-order valence-electron chi connectivity index (χ0n) is 13.1. The smallest absolute Gasteiger partial charge is 0.251 e. The Kier molecular flexibility index (Phi) is 5.74. The highest BCUT2D eigenvalue weighted by Gasteiger charge is 2.14. The number of carbonyl (C=O) groups is 1. The molecule has 2 aromatic rings. The molecule has 0 aliphatic rings. The summed E-state index contributed by atoms with van der Waals surface area (Å²) in [6.07, 6.45) is 2.75. The van der Waals surface area contributed by atoms with Crippen LogP contribution < -0.4 is 5.32 Å². The summed E-state index contributed by atoms with van der Waals surface area (Å²) in [6.45, 7) is 3.76. The van der Waals surface area contributed by atoms with Crippen LogP contribution in [0.1, 0.15) is 28.2 Å². The Balaban J connectivity index is 2.19. The summed E-state index contributed by atoms with van der Waals surface area (Å²) in [5.41, 5.74) is 3.77. The number of aliphatic hydroxyl groups is 1. The van der Waals surface area contributed by atoms with Gasteiger partial charge in [-0.05, 0) is 50.5 Å². The molecule has 1 aromatic heterocycles. The molecule has 5 nitrogen and oxygen atoms in total. The van der Waals surface area contributed by atoms with Gasteiger partial charge in [-0.15, -0.1) is 0 Å². The van der Waals surface area contributed by atoms with Crippen molar-refractivity contribution >= 4 is 28.7 Å². The van der Waals surface area contributed by atoms with Crippen LogP contribution in [0.25, 0.3) is 11.0 Å². The first-order chi connectivity index (χ1) is 10.5. The van der Waals surface area contributed by atoms with Crippen LogP contribution in [0.4, 0.5) is 0 Å². The molecule has 1 heterocycles. The van der Waals surface area contributed by atoms with Gasteiger partial charge in [0, 0.05) is 5.56 Å². The summed E-state index contributed by atoms with van der Waals surface area (Å²) in [5.74, 6) is 0.703. The number of hydrogen-bond acceptors (Lipinski definition) is 5. The second-order valence-electron chi connectivity index (χ2n) is 5.23. The SMILES string of the molecule is CSCC[C@@H](CO)NC(=O)c1ccc2nc(C)c(C)nc2c1. The predicted octanol–water partition coefficient (Wildman–Crippen LogP) is 2.09. The minimum Gasteiger partial charge on any atom is -0.394 e. The molecule has 0 spiro atoms. The number of fused-ring (bicyclic) bond motifs is 1. The molecule has 0 fully saturated rings. The molecule has 1 aromatic carbocycles. The highest BCUT2D eigenvalue weighted by Crippen LogP contribution is 2.14. The Bertz CT molecular complexity index is 676. The monoisotopic (exact) mass is 319 g/mol.